The van der Waals surface area contributed by atoms with E-state index in [-0.39, 0.29) is 18.5 Å². The van der Waals surface area contributed by atoms with Crippen molar-refractivity contribution in [2.75, 3.05) is 13.2 Å². The Morgan fingerprint density at radius 1 is 0.459 bits per heavy atom. The van der Waals surface area contributed by atoms with Crippen molar-refractivity contribution in [3.8, 4) is 0 Å². The number of hydrogen-bond acceptors (Lipinski definition) is 5. The van der Waals surface area contributed by atoms with Crippen LogP contribution in [0.4, 0.5) is 0 Å². The van der Waals surface area contributed by atoms with E-state index in [9.17, 15) is 19.8 Å². The first-order valence-electron chi connectivity index (χ1n) is 27.1. The van der Waals surface area contributed by atoms with Crippen LogP contribution in [0.1, 0.15) is 290 Å². The molecule has 2 atom stereocenters. The number of aliphatic hydroxyl groups excluding tert-OH is 2. The molecule has 1 amide bonds. The molecule has 0 aliphatic heterocycles. The molecule has 0 rings (SSSR count). The van der Waals surface area contributed by atoms with E-state index in [0.29, 0.717) is 25.9 Å². The van der Waals surface area contributed by atoms with Gasteiger partial charge in [0.15, 0.2) is 0 Å². The lowest BCUT2D eigenvalue weighted by Gasteiger charge is -2.22. The van der Waals surface area contributed by atoms with Gasteiger partial charge in [0.25, 0.3) is 0 Å². The number of hydrogen-bond donors (Lipinski definition) is 3. The Balaban J connectivity index is 3.49. The Bertz CT molecular complexity index is 951. The molecule has 0 fully saturated rings. The third-order valence-electron chi connectivity index (χ3n) is 12.5. The summed E-state index contributed by atoms with van der Waals surface area (Å²) in [5.74, 6) is -0.0756. The highest BCUT2D eigenvalue weighted by molar-refractivity contribution is 5.76. The Labute approximate surface area is 380 Å². The van der Waals surface area contributed by atoms with Gasteiger partial charge in [-0.15, -0.1) is 0 Å². The van der Waals surface area contributed by atoms with Crippen molar-refractivity contribution in [2.24, 2.45) is 0 Å². The molecule has 0 saturated carbocycles. The van der Waals surface area contributed by atoms with Crippen LogP contribution in [0.15, 0.2) is 24.3 Å². The molecule has 0 aromatic heterocycles. The highest BCUT2D eigenvalue weighted by Gasteiger charge is 2.20. The minimum Gasteiger partial charge on any atom is -0.466 e. The summed E-state index contributed by atoms with van der Waals surface area (Å²) in [5.41, 5.74) is 0. The molecule has 6 nitrogen and oxygen atoms in total. The maximum Gasteiger partial charge on any atom is 0.305 e. The van der Waals surface area contributed by atoms with E-state index in [1.807, 2.05) is 0 Å². The lowest BCUT2D eigenvalue weighted by Crippen LogP contribution is -2.45. The van der Waals surface area contributed by atoms with E-state index < -0.39 is 12.1 Å². The van der Waals surface area contributed by atoms with Gasteiger partial charge in [-0.3, -0.25) is 9.59 Å². The second-order valence-electron chi connectivity index (χ2n) is 18.6. The van der Waals surface area contributed by atoms with Crippen LogP contribution >= 0.6 is 0 Å². The van der Waals surface area contributed by atoms with Crippen LogP contribution in [0.3, 0.4) is 0 Å². The van der Waals surface area contributed by atoms with Crippen molar-refractivity contribution in [3.63, 3.8) is 0 Å². The lowest BCUT2D eigenvalue weighted by atomic mass is 10.0. The van der Waals surface area contributed by atoms with Crippen LogP contribution in [-0.2, 0) is 14.3 Å². The predicted octanol–water partition coefficient (Wildman–Crippen LogP) is 16.3. The summed E-state index contributed by atoms with van der Waals surface area (Å²) in [7, 11) is 0. The highest BCUT2D eigenvalue weighted by Crippen LogP contribution is 2.17. The van der Waals surface area contributed by atoms with Crippen molar-refractivity contribution in [1.82, 2.24) is 5.32 Å². The van der Waals surface area contributed by atoms with Crippen LogP contribution in [0.2, 0.25) is 0 Å². The SMILES string of the molecule is CCCCCCCCCCCCCCCCCCCC(=O)OCCCCC/C=C\C=C/CCCCCCCCC(=O)NC(CO)C(O)CCCCCCCCCCCCCC. The van der Waals surface area contributed by atoms with E-state index in [1.165, 1.54) is 180 Å². The number of nitrogens with one attached hydrogen (secondary N) is 1. The number of esters is 1. The normalized spacial score (nSPS) is 12.8. The van der Waals surface area contributed by atoms with Crippen LogP contribution in [0.25, 0.3) is 0 Å². The fourth-order valence-corrected chi connectivity index (χ4v) is 8.34. The number of rotatable bonds is 50. The van der Waals surface area contributed by atoms with Gasteiger partial charge in [0.05, 0.1) is 25.4 Å². The third kappa shape index (κ3) is 47.7. The third-order valence-corrected chi connectivity index (χ3v) is 12.5. The minimum atomic E-state index is -0.677. The Hall–Kier alpha value is -1.66. The largest absolute Gasteiger partial charge is 0.466 e. The van der Waals surface area contributed by atoms with Gasteiger partial charge in [-0.25, -0.2) is 0 Å². The lowest BCUT2D eigenvalue weighted by molar-refractivity contribution is -0.143. The van der Waals surface area contributed by atoms with Gasteiger partial charge in [-0.05, 0) is 57.8 Å². The molecule has 0 aromatic rings. The monoisotopic (exact) mass is 860 g/mol. The molecule has 0 radical (unpaired) electrons. The number of carbonyl (C=O) groups is 2. The smallest absolute Gasteiger partial charge is 0.305 e. The van der Waals surface area contributed by atoms with Gasteiger partial charge < -0.3 is 20.3 Å². The molecule has 360 valence electrons. The van der Waals surface area contributed by atoms with Gasteiger partial charge in [0, 0.05) is 12.8 Å². The number of amides is 1. The van der Waals surface area contributed by atoms with Crippen LogP contribution in [0.5, 0.6) is 0 Å². The van der Waals surface area contributed by atoms with Crippen LogP contribution in [-0.4, -0.2) is 47.4 Å². The van der Waals surface area contributed by atoms with E-state index in [1.54, 1.807) is 0 Å². The predicted molar refractivity (Wildman–Crippen MR) is 264 cm³/mol. The van der Waals surface area contributed by atoms with E-state index in [4.69, 9.17) is 4.74 Å². The van der Waals surface area contributed by atoms with Crippen molar-refractivity contribution in [1.29, 1.82) is 0 Å². The molecule has 0 heterocycles. The Morgan fingerprint density at radius 2 is 0.803 bits per heavy atom. The average Bonchev–Trinajstić information content (AvgIpc) is 3.26. The van der Waals surface area contributed by atoms with E-state index in [0.717, 1.165) is 77.0 Å². The molecule has 0 aliphatic rings. The fraction of sp³-hybridized carbons (Fsp3) is 0.891. The molecule has 0 spiro atoms. The molecule has 2 unspecified atom stereocenters. The number of unbranched alkanes of at least 4 members (excludes halogenated alkanes) is 36. The second kappa shape index (κ2) is 51.0. The average molecular weight is 860 g/mol. The zero-order chi connectivity index (χ0) is 44.4. The first kappa shape index (κ1) is 59.3. The Kier molecular flexibility index (Phi) is 49.6. The maximum absolute atomic E-state index is 12.4. The quantitative estimate of drug-likeness (QED) is 0.0322. The fourth-order valence-electron chi connectivity index (χ4n) is 8.34. The molecule has 3 N–H and O–H groups in total. The summed E-state index contributed by atoms with van der Waals surface area (Å²) in [5, 5.41) is 23.2. The minimum absolute atomic E-state index is 0.0178. The molecule has 0 aromatic carbocycles. The topological polar surface area (TPSA) is 95.9 Å². The van der Waals surface area contributed by atoms with Crippen molar-refractivity contribution in [2.45, 2.75) is 302 Å². The summed E-state index contributed by atoms with van der Waals surface area (Å²) in [4.78, 5) is 24.5. The Morgan fingerprint density at radius 3 is 1.21 bits per heavy atom. The van der Waals surface area contributed by atoms with Gasteiger partial charge in [-0.2, -0.15) is 0 Å². The van der Waals surface area contributed by atoms with Crippen molar-refractivity contribution in [3.05, 3.63) is 24.3 Å². The zero-order valence-electron chi connectivity index (χ0n) is 40.9. The summed E-state index contributed by atoms with van der Waals surface area (Å²) >= 11 is 0. The van der Waals surface area contributed by atoms with Crippen LogP contribution < -0.4 is 5.32 Å². The summed E-state index contributed by atoms with van der Waals surface area (Å²) < 4.78 is 5.45. The molecule has 0 saturated heterocycles. The summed E-state index contributed by atoms with van der Waals surface area (Å²) in [6, 6.07) is -0.556. The van der Waals surface area contributed by atoms with Gasteiger partial charge >= 0.3 is 5.97 Å². The second-order valence-corrected chi connectivity index (χ2v) is 18.6. The van der Waals surface area contributed by atoms with Crippen LogP contribution in [0, 0.1) is 0 Å². The van der Waals surface area contributed by atoms with Gasteiger partial charge in [-0.1, -0.05) is 244 Å². The first-order valence-corrected chi connectivity index (χ1v) is 27.1. The molecule has 6 heteroatoms. The number of ether oxygens (including phenoxy) is 1. The number of aliphatic hydroxyl groups is 2. The highest BCUT2D eigenvalue weighted by atomic mass is 16.5. The molecule has 0 aliphatic carbocycles. The van der Waals surface area contributed by atoms with Crippen molar-refractivity contribution < 1.29 is 24.5 Å². The molecular weight excluding hydrogens is 755 g/mol. The molecule has 61 heavy (non-hydrogen) atoms. The standard InChI is InChI=1S/C55H105NO5/c1-3-5-7-9-11-13-15-17-18-19-22-25-29-33-37-41-45-49-55(60)61-50-46-42-38-34-30-26-23-20-21-24-28-32-36-40-44-48-54(59)56-52(51-57)53(58)47-43-39-35-31-27-16-14-12-10-8-6-4-2/h20,23,26,30,52-53,57-58H,3-19,21-22,24-25,27-29,31-51H2,1-2H3,(H,56,59)/b23-20-,30-26-. The van der Waals surface area contributed by atoms with Gasteiger partial charge in [0.2, 0.25) is 5.91 Å². The number of allylic oxidation sites excluding steroid dienone is 4. The molecule has 0 bridgehead atoms. The van der Waals surface area contributed by atoms with Crippen molar-refractivity contribution >= 4 is 11.9 Å². The summed E-state index contributed by atoms with van der Waals surface area (Å²) in [6.45, 7) is 4.90. The zero-order valence-corrected chi connectivity index (χ0v) is 40.9. The van der Waals surface area contributed by atoms with Gasteiger partial charge in [0.1, 0.15) is 0 Å². The first-order chi connectivity index (χ1) is 30.0. The summed E-state index contributed by atoms with van der Waals surface area (Å²) in [6.07, 6.45) is 60.2. The molecular formula is C55H105NO5. The maximum atomic E-state index is 12.4. The van der Waals surface area contributed by atoms with E-state index >= 15 is 0 Å². The number of carbonyl (C=O) groups excluding carboxylic acids is 2. The van der Waals surface area contributed by atoms with E-state index in [2.05, 4.69) is 43.5 Å².